The molecule has 0 bridgehead atoms. The van der Waals surface area contributed by atoms with Gasteiger partial charge >= 0.3 is 0 Å². The fraction of sp³-hybridized carbons (Fsp3) is 0.0526. The van der Waals surface area contributed by atoms with E-state index in [4.69, 9.17) is 9.97 Å². The number of benzene rings is 9. The van der Waals surface area contributed by atoms with Crippen molar-refractivity contribution in [2.45, 2.75) is 19.3 Å². The Balaban J connectivity index is 1.02. The van der Waals surface area contributed by atoms with Crippen LogP contribution >= 0.6 is 0 Å². The van der Waals surface area contributed by atoms with E-state index in [9.17, 15) is 0 Å². The van der Waals surface area contributed by atoms with E-state index >= 15 is 0 Å². The molecule has 1 aromatic heterocycles. The molecule has 0 unspecified atom stereocenters. The molecule has 0 amide bonds. The summed E-state index contributed by atoms with van der Waals surface area (Å²) in [7, 11) is 0. The molecule has 1 aliphatic rings. The van der Waals surface area contributed by atoms with Crippen LogP contribution in [0.2, 0.25) is 0 Å². The minimum absolute atomic E-state index is 0.0995. The molecule has 2 nitrogen and oxygen atoms in total. The van der Waals surface area contributed by atoms with Gasteiger partial charge in [0.1, 0.15) is 0 Å². The highest BCUT2D eigenvalue weighted by atomic mass is 14.9. The van der Waals surface area contributed by atoms with Crippen molar-refractivity contribution in [3.05, 3.63) is 217 Å². The summed E-state index contributed by atoms with van der Waals surface area (Å²) in [5.74, 6) is 0.704. The molecule has 1 aliphatic carbocycles. The van der Waals surface area contributed by atoms with Crippen LogP contribution in [0.25, 0.3) is 100.0 Å². The maximum atomic E-state index is 5.35. The third-order valence-corrected chi connectivity index (χ3v) is 12.3. The monoisotopic (exact) mass is 752 g/mol. The number of hydrogen-bond donors (Lipinski definition) is 0. The Hall–Kier alpha value is -7.42. The molecular weight excluding hydrogens is 713 g/mol. The predicted molar refractivity (Wildman–Crippen MR) is 247 cm³/mol. The number of nitrogens with zero attached hydrogens (tertiary/aromatic N) is 2. The first-order valence-electron chi connectivity index (χ1n) is 20.4. The number of aromatic nitrogens is 2. The summed E-state index contributed by atoms with van der Waals surface area (Å²) in [6.45, 7) is 4.73. The van der Waals surface area contributed by atoms with E-state index in [0.717, 1.165) is 44.6 Å². The summed E-state index contributed by atoms with van der Waals surface area (Å²) in [4.78, 5) is 10.6. The molecule has 0 aliphatic heterocycles. The summed E-state index contributed by atoms with van der Waals surface area (Å²) in [6.07, 6.45) is 0. The van der Waals surface area contributed by atoms with Crippen LogP contribution in [0.4, 0.5) is 0 Å². The Morgan fingerprint density at radius 3 is 1.63 bits per heavy atom. The van der Waals surface area contributed by atoms with Crippen molar-refractivity contribution < 1.29 is 0 Å². The van der Waals surface area contributed by atoms with Gasteiger partial charge < -0.3 is 0 Å². The number of fused-ring (bicyclic) bond motifs is 5. The Morgan fingerprint density at radius 1 is 0.305 bits per heavy atom. The molecule has 2 heteroatoms. The zero-order valence-electron chi connectivity index (χ0n) is 33.0. The molecule has 0 atom stereocenters. The van der Waals surface area contributed by atoms with Gasteiger partial charge in [0.15, 0.2) is 5.82 Å². The first kappa shape index (κ1) is 34.8. The molecule has 10 aromatic rings. The summed E-state index contributed by atoms with van der Waals surface area (Å²) >= 11 is 0. The van der Waals surface area contributed by atoms with Crippen LogP contribution in [0.3, 0.4) is 0 Å². The number of hydrogen-bond acceptors (Lipinski definition) is 2. The van der Waals surface area contributed by atoms with Crippen molar-refractivity contribution in [2.24, 2.45) is 0 Å². The van der Waals surface area contributed by atoms with Crippen molar-refractivity contribution in [3.63, 3.8) is 0 Å². The van der Waals surface area contributed by atoms with Gasteiger partial charge in [-0.1, -0.05) is 184 Å². The van der Waals surface area contributed by atoms with Crippen LogP contribution in [-0.4, -0.2) is 9.97 Å². The normalized spacial score (nSPS) is 12.7. The van der Waals surface area contributed by atoms with Crippen molar-refractivity contribution in [1.82, 2.24) is 9.97 Å². The summed E-state index contributed by atoms with van der Waals surface area (Å²) in [5, 5.41) is 4.86. The van der Waals surface area contributed by atoms with Crippen LogP contribution in [0, 0.1) is 0 Å². The Kier molecular flexibility index (Phi) is 8.20. The highest BCUT2D eigenvalue weighted by Gasteiger charge is 2.36. The molecule has 9 aromatic carbocycles. The van der Waals surface area contributed by atoms with E-state index in [1.54, 1.807) is 0 Å². The third-order valence-electron chi connectivity index (χ3n) is 12.3. The minimum atomic E-state index is -0.0995. The van der Waals surface area contributed by atoms with Crippen LogP contribution < -0.4 is 0 Å². The van der Waals surface area contributed by atoms with Gasteiger partial charge in [0, 0.05) is 22.1 Å². The quantitative estimate of drug-likeness (QED) is 0.169. The van der Waals surface area contributed by atoms with Crippen molar-refractivity contribution >= 4 is 21.5 Å². The smallest absolute Gasteiger partial charge is 0.161 e. The average molecular weight is 753 g/mol. The molecule has 0 spiro atoms. The molecule has 0 radical (unpaired) electrons. The van der Waals surface area contributed by atoms with Gasteiger partial charge in [-0.15, -0.1) is 0 Å². The molecule has 0 saturated carbocycles. The molecule has 0 N–H and O–H groups in total. The second-order valence-electron chi connectivity index (χ2n) is 16.2. The van der Waals surface area contributed by atoms with Crippen LogP contribution in [-0.2, 0) is 5.41 Å². The molecule has 0 fully saturated rings. The number of rotatable bonds is 6. The van der Waals surface area contributed by atoms with Gasteiger partial charge in [0.25, 0.3) is 0 Å². The maximum Gasteiger partial charge on any atom is 0.161 e. The lowest BCUT2D eigenvalue weighted by molar-refractivity contribution is 0.661. The van der Waals surface area contributed by atoms with Gasteiger partial charge in [-0.2, -0.15) is 0 Å². The lowest BCUT2D eigenvalue weighted by Gasteiger charge is -2.22. The van der Waals surface area contributed by atoms with Crippen molar-refractivity contribution in [2.75, 3.05) is 0 Å². The largest absolute Gasteiger partial charge is 0.228 e. The summed E-state index contributed by atoms with van der Waals surface area (Å²) in [6, 6.07) is 74.3. The van der Waals surface area contributed by atoms with E-state index in [0.29, 0.717) is 5.82 Å². The molecule has 278 valence electrons. The van der Waals surface area contributed by atoms with Crippen molar-refractivity contribution in [3.8, 4) is 78.4 Å². The van der Waals surface area contributed by atoms with E-state index in [2.05, 4.69) is 214 Å². The molecule has 11 rings (SSSR count). The third kappa shape index (κ3) is 5.96. The van der Waals surface area contributed by atoms with E-state index in [-0.39, 0.29) is 5.41 Å². The van der Waals surface area contributed by atoms with Gasteiger partial charge in [0.05, 0.1) is 11.4 Å². The Bertz CT molecular complexity index is 3230. The van der Waals surface area contributed by atoms with Crippen LogP contribution in [0.1, 0.15) is 25.0 Å². The first-order chi connectivity index (χ1) is 29.0. The predicted octanol–water partition coefficient (Wildman–Crippen LogP) is 15.1. The van der Waals surface area contributed by atoms with Crippen LogP contribution in [0.5, 0.6) is 0 Å². The highest BCUT2D eigenvalue weighted by Crippen LogP contribution is 2.51. The first-order valence-corrected chi connectivity index (χ1v) is 20.4. The van der Waals surface area contributed by atoms with E-state index in [1.807, 2.05) is 6.07 Å². The zero-order chi connectivity index (χ0) is 39.5. The average Bonchev–Trinajstić information content (AvgIpc) is 3.52. The van der Waals surface area contributed by atoms with Crippen LogP contribution in [0.15, 0.2) is 206 Å². The fourth-order valence-electron chi connectivity index (χ4n) is 9.25. The lowest BCUT2D eigenvalue weighted by atomic mass is 9.81. The Labute approximate surface area is 345 Å². The van der Waals surface area contributed by atoms with Gasteiger partial charge in [0.2, 0.25) is 0 Å². The van der Waals surface area contributed by atoms with Gasteiger partial charge in [-0.3, -0.25) is 0 Å². The van der Waals surface area contributed by atoms with E-state index < -0.39 is 0 Å². The highest BCUT2D eigenvalue weighted by molar-refractivity contribution is 6.05. The van der Waals surface area contributed by atoms with Gasteiger partial charge in [-0.05, 0) is 114 Å². The molecule has 1 heterocycles. The zero-order valence-corrected chi connectivity index (χ0v) is 33.0. The molecule has 0 saturated heterocycles. The lowest BCUT2D eigenvalue weighted by Crippen LogP contribution is -2.15. The van der Waals surface area contributed by atoms with E-state index in [1.165, 1.54) is 60.7 Å². The topological polar surface area (TPSA) is 25.8 Å². The van der Waals surface area contributed by atoms with Crippen molar-refractivity contribution in [1.29, 1.82) is 0 Å². The molecule has 59 heavy (non-hydrogen) atoms. The maximum absolute atomic E-state index is 5.35. The Morgan fingerprint density at radius 2 is 0.847 bits per heavy atom. The molecular formula is C57H40N2. The SMILES string of the molecule is CC1(C)c2cc(-c3cccc(-c4ccc(-c5nc(-c6ccccc6)cc(-c6ccccc6-c6ccccc6)n5)c5ccccc45)c3)ccc2-c2cc3ccccc3cc21. The second-order valence-corrected chi connectivity index (χ2v) is 16.2. The summed E-state index contributed by atoms with van der Waals surface area (Å²) in [5.41, 5.74) is 17.4. The minimum Gasteiger partial charge on any atom is -0.228 e. The standard InChI is InChI=1S/C57H40N2/c1-57(2)52-35-42(28-29-48(52)51-33-40-20-9-10-21-41(40)34-53(51)57)39-22-15-23-43(32-39)45-30-31-50(47-26-13-12-25-46(45)47)56-58-54(38-18-7-4-8-19-38)36-55(59-56)49-27-14-11-24-44(49)37-16-5-3-6-17-37/h3-36H,1-2H3. The second kappa shape index (κ2) is 13.9. The summed E-state index contributed by atoms with van der Waals surface area (Å²) < 4.78 is 0. The fourth-order valence-corrected chi connectivity index (χ4v) is 9.25. The van der Waals surface area contributed by atoms with Gasteiger partial charge in [-0.25, -0.2) is 9.97 Å².